The van der Waals surface area contributed by atoms with E-state index in [-0.39, 0.29) is 5.91 Å². The highest BCUT2D eigenvalue weighted by Gasteiger charge is 2.01. The maximum absolute atomic E-state index is 11.0. The molecule has 0 aliphatic heterocycles. The van der Waals surface area contributed by atoms with Crippen LogP contribution >= 0.6 is 22.9 Å². The first-order valence-electron chi connectivity index (χ1n) is 3.96. The van der Waals surface area contributed by atoms with E-state index in [0.29, 0.717) is 18.8 Å². The molecule has 1 heterocycles. The zero-order chi connectivity index (χ0) is 9.68. The average molecular weight is 219 g/mol. The lowest BCUT2D eigenvalue weighted by Gasteiger charge is -1.99. The van der Waals surface area contributed by atoms with Crippen LogP contribution < -0.4 is 5.32 Å². The molecule has 1 N–H and O–H groups in total. The third kappa shape index (κ3) is 3.74. The van der Waals surface area contributed by atoms with Gasteiger partial charge in [-0.2, -0.15) is 0 Å². The van der Waals surface area contributed by atoms with Crippen molar-refractivity contribution < 1.29 is 4.79 Å². The SMILES string of the molecule is Cc1nc(CNC(=O)CCCl)cs1. The van der Waals surface area contributed by atoms with Gasteiger partial charge in [0.05, 0.1) is 17.2 Å². The molecule has 0 saturated heterocycles. The zero-order valence-corrected chi connectivity index (χ0v) is 8.91. The van der Waals surface area contributed by atoms with Gasteiger partial charge in [-0.05, 0) is 6.92 Å². The molecule has 0 aliphatic rings. The minimum Gasteiger partial charge on any atom is -0.350 e. The number of aromatic nitrogens is 1. The van der Waals surface area contributed by atoms with Gasteiger partial charge in [-0.15, -0.1) is 22.9 Å². The second kappa shape index (κ2) is 5.19. The van der Waals surface area contributed by atoms with Crippen molar-refractivity contribution in [3.8, 4) is 0 Å². The fourth-order valence-corrected chi connectivity index (χ4v) is 1.64. The Kier molecular flexibility index (Phi) is 4.18. The number of thiazole rings is 1. The predicted molar refractivity (Wildman–Crippen MR) is 54.0 cm³/mol. The van der Waals surface area contributed by atoms with E-state index >= 15 is 0 Å². The molecule has 3 nitrogen and oxygen atoms in total. The lowest BCUT2D eigenvalue weighted by atomic mass is 10.4. The fourth-order valence-electron chi connectivity index (χ4n) is 0.853. The quantitative estimate of drug-likeness (QED) is 0.782. The maximum atomic E-state index is 11.0. The Labute approximate surface area is 86.1 Å². The lowest BCUT2D eigenvalue weighted by Crippen LogP contribution is -2.22. The van der Waals surface area contributed by atoms with Crippen LogP contribution in [0.5, 0.6) is 0 Å². The third-order valence-corrected chi connectivity index (χ3v) is 2.47. The standard InChI is InChI=1S/C8H11ClN2OS/c1-6-11-7(5-13-6)4-10-8(12)2-3-9/h5H,2-4H2,1H3,(H,10,12). The molecular formula is C8H11ClN2OS. The summed E-state index contributed by atoms with van der Waals surface area (Å²) >= 11 is 6.99. The van der Waals surface area contributed by atoms with Crippen molar-refractivity contribution in [2.75, 3.05) is 5.88 Å². The summed E-state index contributed by atoms with van der Waals surface area (Å²) in [5, 5.41) is 5.69. The number of nitrogens with one attached hydrogen (secondary N) is 1. The van der Waals surface area contributed by atoms with Gasteiger partial charge >= 0.3 is 0 Å². The van der Waals surface area contributed by atoms with Crippen molar-refractivity contribution in [3.63, 3.8) is 0 Å². The molecule has 0 aromatic carbocycles. The highest BCUT2D eigenvalue weighted by atomic mass is 35.5. The van der Waals surface area contributed by atoms with Crippen molar-refractivity contribution in [1.82, 2.24) is 10.3 Å². The number of carbonyl (C=O) groups excluding carboxylic acids is 1. The minimum absolute atomic E-state index is 0.0272. The van der Waals surface area contributed by atoms with Gasteiger partial charge in [-0.3, -0.25) is 4.79 Å². The first-order valence-corrected chi connectivity index (χ1v) is 5.37. The van der Waals surface area contributed by atoms with Crippen LogP contribution in [-0.2, 0) is 11.3 Å². The summed E-state index contributed by atoms with van der Waals surface area (Å²) in [4.78, 5) is 15.2. The summed E-state index contributed by atoms with van der Waals surface area (Å²) < 4.78 is 0. The Hall–Kier alpha value is -0.610. The molecule has 0 radical (unpaired) electrons. The van der Waals surface area contributed by atoms with Gasteiger partial charge in [0.15, 0.2) is 0 Å². The molecular weight excluding hydrogens is 208 g/mol. The summed E-state index contributed by atoms with van der Waals surface area (Å²) in [5.74, 6) is 0.336. The van der Waals surface area contributed by atoms with E-state index in [9.17, 15) is 4.79 Å². The Morgan fingerprint density at radius 1 is 1.77 bits per heavy atom. The molecule has 1 amide bonds. The number of halogens is 1. The summed E-state index contributed by atoms with van der Waals surface area (Å²) in [5.41, 5.74) is 0.908. The number of alkyl halides is 1. The maximum Gasteiger partial charge on any atom is 0.221 e. The van der Waals surface area contributed by atoms with E-state index < -0.39 is 0 Å². The van der Waals surface area contributed by atoms with Crippen LogP contribution in [-0.4, -0.2) is 16.8 Å². The Bertz CT molecular complexity index is 287. The fraction of sp³-hybridized carbons (Fsp3) is 0.500. The van der Waals surface area contributed by atoms with Crippen LogP contribution in [0.2, 0.25) is 0 Å². The van der Waals surface area contributed by atoms with E-state index in [4.69, 9.17) is 11.6 Å². The normalized spacial score (nSPS) is 10.0. The van der Waals surface area contributed by atoms with Crippen LogP contribution in [0.3, 0.4) is 0 Å². The van der Waals surface area contributed by atoms with Crippen molar-refractivity contribution in [3.05, 3.63) is 16.1 Å². The predicted octanol–water partition coefficient (Wildman–Crippen LogP) is 1.70. The van der Waals surface area contributed by atoms with Gasteiger partial charge in [0, 0.05) is 17.7 Å². The molecule has 1 rings (SSSR count). The number of nitrogens with zero attached hydrogens (tertiary/aromatic N) is 1. The highest BCUT2D eigenvalue weighted by molar-refractivity contribution is 7.09. The molecule has 0 spiro atoms. The third-order valence-electron chi connectivity index (χ3n) is 1.45. The number of carbonyl (C=O) groups is 1. The number of hydrogen-bond donors (Lipinski definition) is 1. The smallest absolute Gasteiger partial charge is 0.221 e. The van der Waals surface area contributed by atoms with Gasteiger partial charge in [-0.25, -0.2) is 4.98 Å². The van der Waals surface area contributed by atoms with Crippen LogP contribution in [0, 0.1) is 6.92 Å². The minimum atomic E-state index is -0.0272. The van der Waals surface area contributed by atoms with Gasteiger partial charge < -0.3 is 5.32 Å². The zero-order valence-electron chi connectivity index (χ0n) is 7.34. The molecule has 0 aliphatic carbocycles. The van der Waals surface area contributed by atoms with Crippen molar-refractivity contribution in [2.24, 2.45) is 0 Å². The van der Waals surface area contributed by atoms with Crippen molar-refractivity contribution in [1.29, 1.82) is 0 Å². The second-order valence-corrected chi connectivity index (χ2v) is 4.01. The highest BCUT2D eigenvalue weighted by Crippen LogP contribution is 2.07. The summed E-state index contributed by atoms with van der Waals surface area (Å²) in [6, 6.07) is 0. The van der Waals surface area contributed by atoms with Gasteiger partial charge in [-0.1, -0.05) is 0 Å². The molecule has 72 valence electrons. The number of hydrogen-bond acceptors (Lipinski definition) is 3. The molecule has 13 heavy (non-hydrogen) atoms. The van der Waals surface area contributed by atoms with Crippen molar-refractivity contribution in [2.45, 2.75) is 19.9 Å². The Morgan fingerprint density at radius 3 is 3.08 bits per heavy atom. The van der Waals surface area contributed by atoms with Crippen LogP contribution in [0.1, 0.15) is 17.1 Å². The summed E-state index contributed by atoms with van der Waals surface area (Å²) in [6.07, 6.45) is 0.366. The largest absolute Gasteiger partial charge is 0.350 e. The second-order valence-electron chi connectivity index (χ2n) is 2.57. The van der Waals surface area contributed by atoms with Crippen LogP contribution in [0.25, 0.3) is 0 Å². The van der Waals surface area contributed by atoms with E-state index in [1.165, 1.54) is 0 Å². The van der Waals surface area contributed by atoms with Gasteiger partial charge in [0.2, 0.25) is 5.91 Å². The molecule has 0 fully saturated rings. The number of rotatable bonds is 4. The first kappa shape index (κ1) is 10.5. The van der Waals surface area contributed by atoms with E-state index in [1.807, 2.05) is 12.3 Å². The average Bonchev–Trinajstić information content (AvgIpc) is 2.49. The monoisotopic (exact) mass is 218 g/mol. The van der Waals surface area contributed by atoms with Gasteiger partial charge in [0.25, 0.3) is 0 Å². The van der Waals surface area contributed by atoms with E-state index in [1.54, 1.807) is 11.3 Å². The van der Waals surface area contributed by atoms with Crippen LogP contribution in [0.15, 0.2) is 5.38 Å². The first-order chi connectivity index (χ1) is 6.22. The Balaban J connectivity index is 2.30. The lowest BCUT2D eigenvalue weighted by molar-refractivity contribution is -0.120. The molecule has 0 atom stereocenters. The van der Waals surface area contributed by atoms with E-state index in [0.717, 1.165) is 10.7 Å². The molecule has 1 aromatic heterocycles. The molecule has 0 bridgehead atoms. The number of amides is 1. The molecule has 0 unspecified atom stereocenters. The molecule has 1 aromatic rings. The Morgan fingerprint density at radius 2 is 2.54 bits per heavy atom. The van der Waals surface area contributed by atoms with Gasteiger partial charge in [0.1, 0.15) is 0 Å². The topological polar surface area (TPSA) is 42.0 Å². The van der Waals surface area contributed by atoms with E-state index in [2.05, 4.69) is 10.3 Å². The molecule has 5 heteroatoms. The summed E-state index contributed by atoms with van der Waals surface area (Å²) in [7, 11) is 0. The van der Waals surface area contributed by atoms with Crippen LogP contribution in [0.4, 0.5) is 0 Å². The molecule has 0 saturated carbocycles. The summed E-state index contributed by atoms with van der Waals surface area (Å²) in [6.45, 7) is 2.44. The number of aryl methyl sites for hydroxylation is 1. The van der Waals surface area contributed by atoms with Crippen molar-refractivity contribution >= 4 is 28.8 Å².